The van der Waals surface area contributed by atoms with Gasteiger partial charge in [0.25, 0.3) is 0 Å². The van der Waals surface area contributed by atoms with Crippen molar-refractivity contribution in [1.82, 2.24) is 19.2 Å². The molecule has 0 atom stereocenters. The van der Waals surface area contributed by atoms with Gasteiger partial charge in [-0.05, 0) is 68.5 Å². The highest BCUT2D eigenvalue weighted by atomic mass is 32.1. The van der Waals surface area contributed by atoms with Gasteiger partial charge < -0.3 is 0 Å². The molecule has 0 aliphatic heterocycles. The Kier molecular flexibility index (Phi) is 5.11. The summed E-state index contributed by atoms with van der Waals surface area (Å²) in [7, 11) is 1.97. The van der Waals surface area contributed by atoms with E-state index < -0.39 is 0 Å². The molecule has 0 saturated carbocycles. The van der Waals surface area contributed by atoms with Crippen LogP contribution in [0.2, 0.25) is 0 Å². The lowest BCUT2D eigenvalue weighted by molar-refractivity contribution is 0.243. The van der Waals surface area contributed by atoms with Gasteiger partial charge in [-0.15, -0.1) is 0 Å². The molecule has 1 heterocycles. The molecule has 0 saturated heterocycles. The van der Waals surface area contributed by atoms with E-state index in [-0.39, 0.29) is 5.82 Å². The van der Waals surface area contributed by atoms with Gasteiger partial charge in [-0.1, -0.05) is 24.3 Å². The second-order valence-electron chi connectivity index (χ2n) is 6.29. The number of benzene rings is 2. The van der Waals surface area contributed by atoms with Crippen LogP contribution in [0.1, 0.15) is 17.0 Å². The molecule has 130 valence electrons. The van der Waals surface area contributed by atoms with Gasteiger partial charge in [-0.2, -0.15) is 5.10 Å². The SMILES string of the molecule is Cc1cccc(-n2c(C)nn(CN(C)Cc3cccc(F)c3)c2=S)c1. The molecule has 0 bridgehead atoms. The fraction of sp³-hybridized carbons (Fsp3) is 0.263. The normalized spacial score (nSPS) is 11.2. The quantitative estimate of drug-likeness (QED) is 0.639. The summed E-state index contributed by atoms with van der Waals surface area (Å²) in [6.07, 6.45) is 0. The van der Waals surface area contributed by atoms with Crippen LogP contribution in [-0.4, -0.2) is 26.3 Å². The Morgan fingerprint density at radius 2 is 1.88 bits per heavy atom. The van der Waals surface area contributed by atoms with Crippen LogP contribution < -0.4 is 0 Å². The lowest BCUT2D eigenvalue weighted by Crippen LogP contribution is -2.22. The maximum atomic E-state index is 13.3. The van der Waals surface area contributed by atoms with Crippen LogP contribution in [0.4, 0.5) is 4.39 Å². The summed E-state index contributed by atoms with van der Waals surface area (Å²) < 4.78 is 17.7. The monoisotopic (exact) mass is 356 g/mol. The summed E-state index contributed by atoms with van der Waals surface area (Å²) in [6, 6.07) is 14.8. The Balaban J connectivity index is 1.82. The Hall–Kier alpha value is -2.31. The highest BCUT2D eigenvalue weighted by Crippen LogP contribution is 2.14. The van der Waals surface area contributed by atoms with E-state index in [9.17, 15) is 4.39 Å². The molecule has 6 heteroatoms. The van der Waals surface area contributed by atoms with Crippen LogP contribution in [0, 0.1) is 24.4 Å². The zero-order valence-electron chi connectivity index (χ0n) is 14.6. The van der Waals surface area contributed by atoms with E-state index in [2.05, 4.69) is 29.1 Å². The number of hydrogen-bond acceptors (Lipinski definition) is 3. The Labute approximate surface area is 152 Å². The van der Waals surface area contributed by atoms with Crippen molar-refractivity contribution >= 4 is 12.2 Å². The van der Waals surface area contributed by atoms with Crippen molar-refractivity contribution in [2.24, 2.45) is 0 Å². The summed E-state index contributed by atoms with van der Waals surface area (Å²) in [4.78, 5) is 2.05. The number of aromatic nitrogens is 3. The third-order valence-electron chi connectivity index (χ3n) is 3.98. The zero-order valence-corrected chi connectivity index (χ0v) is 15.4. The maximum Gasteiger partial charge on any atom is 0.203 e. The molecule has 0 radical (unpaired) electrons. The van der Waals surface area contributed by atoms with Crippen LogP contribution in [0.15, 0.2) is 48.5 Å². The number of halogens is 1. The molecule has 0 N–H and O–H groups in total. The minimum Gasteiger partial charge on any atom is -0.283 e. The fourth-order valence-corrected chi connectivity index (χ4v) is 3.23. The average Bonchev–Trinajstić information content (AvgIpc) is 2.81. The predicted octanol–water partition coefficient (Wildman–Crippen LogP) is 4.25. The van der Waals surface area contributed by atoms with Crippen LogP contribution in [0.25, 0.3) is 5.69 Å². The summed E-state index contributed by atoms with van der Waals surface area (Å²) in [6.45, 7) is 5.16. The van der Waals surface area contributed by atoms with Crippen molar-refractivity contribution in [1.29, 1.82) is 0 Å². The molecule has 0 aliphatic rings. The highest BCUT2D eigenvalue weighted by molar-refractivity contribution is 7.71. The van der Waals surface area contributed by atoms with Crippen LogP contribution >= 0.6 is 12.2 Å². The molecular formula is C19H21FN4S. The van der Waals surface area contributed by atoms with Crippen LogP contribution in [0.5, 0.6) is 0 Å². The highest BCUT2D eigenvalue weighted by Gasteiger charge is 2.11. The van der Waals surface area contributed by atoms with E-state index in [4.69, 9.17) is 12.2 Å². The first-order valence-corrected chi connectivity index (χ1v) is 8.51. The Morgan fingerprint density at radius 3 is 2.60 bits per heavy atom. The smallest absolute Gasteiger partial charge is 0.203 e. The second-order valence-corrected chi connectivity index (χ2v) is 6.65. The molecule has 0 fully saturated rings. The molecule has 4 nitrogen and oxygen atoms in total. The molecule has 0 amide bonds. The van der Waals surface area contributed by atoms with E-state index in [1.54, 1.807) is 16.8 Å². The van der Waals surface area contributed by atoms with Gasteiger partial charge in [0.2, 0.25) is 4.77 Å². The largest absolute Gasteiger partial charge is 0.283 e. The number of rotatable bonds is 5. The molecule has 3 rings (SSSR count). The second kappa shape index (κ2) is 7.29. The first-order chi connectivity index (χ1) is 11.9. The molecule has 2 aromatic carbocycles. The van der Waals surface area contributed by atoms with Gasteiger partial charge in [0.1, 0.15) is 11.6 Å². The lowest BCUT2D eigenvalue weighted by Gasteiger charge is -2.16. The first-order valence-electron chi connectivity index (χ1n) is 8.10. The maximum absolute atomic E-state index is 13.3. The summed E-state index contributed by atoms with van der Waals surface area (Å²) in [5, 5.41) is 4.58. The summed E-state index contributed by atoms with van der Waals surface area (Å²) in [5.41, 5.74) is 3.11. The van der Waals surface area contributed by atoms with Gasteiger partial charge in [-0.25, -0.2) is 9.07 Å². The average molecular weight is 356 g/mol. The van der Waals surface area contributed by atoms with Gasteiger partial charge in [0.05, 0.1) is 6.67 Å². The van der Waals surface area contributed by atoms with Gasteiger partial charge >= 0.3 is 0 Å². The topological polar surface area (TPSA) is 26.0 Å². The standard InChI is InChI=1S/C19H21FN4S/c1-14-6-4-9-18(10-14)24-15(2)21-23(19(24)25)13-22(3)12-16-7-5-8-17(20)11-16/h4-11H,12-13H2,1-3H3. The van der Waals surface area contributed by atoms with E-state index >= 15 is 0 Å². The van der Waals surface area contributed by atoms with Gasteiger partial charge in [0, 0.05) is 12.2 Å². The summed E-state index contributed by atoms with van der Waals surface area (Å²) in [5.74, 6) is 0.622. The molecule has 1 aromatic heterocycles. The van der Waals surface area contributed by atoms with Crippen molar-refractivity contribution in [2.45, 2.75) is 27.1 Å². The molecular weight excluding hydrogens is 335 g/mol. The molecule has 0 unspecified atom stereocenters. The van der Waals surface area contributed by atoms with E-state index in [1.807, 2.05) is 36.7 Å². The molecule has 3 aromatic rings. The van der Waals surface area contributed by atoms with Crippen molar-refractivity contribution in [3.63, 3.8) is 0 Å². The van der Waals surface area contributed by atoms with Crippen LogP contribution in [-0.2, 0) is 13.2 Å². The van der Waals surface area contributed by atoms with Crippen molar-refractivity contribution in [3.05, 3.63) is 76.1 Å². The lowest BCUT2D eigenvalue weighted by atomic mass is 10.2. The van der Waals surface area contributed by atoms with E-state index in [0.717, 1.165) is 17.1 Å². The number of aryl methyl sites for hydroxylation is 2. The third kappa shape index (κ3) is 4.03. The predicted molar refractivity (Wildman–Crippen MR) is 99.7 cm³/mol. The first kappa shape index (κ1) is 17.5. The Bertz CT molecular complexity index is 945. The van der Waals surface area contributed by atoms with E-state index in [1.165, 1.54) is 11.6 Å². The van der Waals surface area contributed by atoms with Crippen LogP contribution in [0.3, 0.4) is 0 Å². The van der Waals surface area contributed by atoms with Crippen molar-refractivity contribution in [3.8, 4) is 5.69 Å². The number of hydrogen-bond donors (Lipinski definition) is 0. The molecule has 0 aliphatic carbocycles. The zero-order chi connectivity index (χ0) is 18.0. The minimum absolute atomic E-state index is 0.220. The van der Waals surface area contributed by atoms with Gasteiger partial charge in [0.15, 0.2) is 0 Å². The third-order valence-corrected chi connectivity index (χ3v) is 4.37. The minimum atomic E-state index is -0.220. The van der Waals surface area contributed by atoms with Gasteiger partial charge in [-0.3, -0.25) is 9.47 Å². The fourth-order valence-electron chi connectivity index (χ4n) is 2.90. The molecule has 0 spiro atoms. The summed E-state index contributed by atoms with van der Waals surface area (Å²) >= 11 is 5.62. The molecule has 25 heavy (non-hydrogen) atoms. The van der Waals surface area contributed by atoms with Crippen molar-refractivity contribution in [2.75, 3.05) is 7.05 Å². The van der Waals surface area contributed by atoms with Crippen molar-refractivity contribution < 1.29 is 4.39 Å². The number of nitrogens with zero attached hydrogens (tertiary/aromatic N) is 4. The Morgan fingerprint density at radius 1 is 1.12 bits per heavy atom. The van der Waals surface area contributed by atoms with E-state index in [0.29, 0.717) is 18.0 Å².